The second kappa shape index (κ2) is 9.38. The van der Waals surface area contributed by atoms with E-state index in [1.807, 2.05) is 0 Å². The largest absolute Gasteiger partial charge is 0.393 e. The molecule has 1 heteroatoms. The zero-order valence-electron chi connectivity index (χ0n) is 19.6. The second-order valence-corrected chi connectivity index (χ2v) is 10.9. The highest BCUT2D eigenvalue weighted by atomic mass is 16.3. The Labute approximate surface area is 180 Å². The molecule has 3 aliphatic carbocycles. The van der Waals surface area contributed by atoms with Gasteiger partial charge in [0, 0.05) is 0 Å². The molecule has 0 bridgehead atoms. The van der Waals surface area contributed by atoms with Crippen molar-refractivity contribution in [2.75, 3.05) is 0 Å². The molecule has 0 unspecified atom stereocenters. The summed E-state index contributed by atoms with van der Waals surface area (Å²) in [5, 5.41) is 10.0. The van der Waals surface area contributed by atoms with Gasteiger partial charge in [0.2, 0.25) is 0 Å². The first kappa shape index (κ1) is 22.6. The second-order valence-electron chi connectivity index (χ2n) is 10.9. The Kier molecular flexibility index (Phi) is 7.31. The monoisotopic (exact) mass is 396 g/mol. The average Bonchev–Trinajstić information content (AvgIpc) is 3.04. The summed E-state index contributed by atoms with van der Waals surface area (Å²) >= 11 is 0. The normalized spacial score (nSPS) is 38.2. The molecule has 0 aliphatic heterocycles. The minimum absolute atomic E-state index is 0.182. The third-order valence-corrected chi connectivity index (χ3v) is 8.63. The molecule has 3 fully saturated rings. The van der Waals surface area contributed by atoms with E-state index in [0.29, 0.717) is 17.3 Å². The van der Waals surface area contributed by atoms with E-state index in [2.05, 4.69) is 65.5 Å². The van der Waals surface area contributed by atoms with Crippen molar-refractivity contribution >= 4 is 0 Å². The van der Waals surface area contributed by atoms with Crippen LogP contribution in [0.25, 0.3) is 0 Å². The SMILES string of the molecule is C=C1CC[C@@H](O)CC1=CC=C1CCC[C@@]2(C)[C@H]1CC[C@H]2[C@@H](C)/C=C/[C@@H](C)C(C)C. The van der Waals surface area contributed by atoms with Crippen LogP contribution in [0.3, 0.4) is 0 Å². The molecule has 0 saturated heterocycles. The Morgan fingerprint density at radius 2 is 1.79 bits per heavy atom. The van der Waals surface area contributed by atoms with E-state index in [1.54, 1.807) is 5.57 Å². The van der Waals surface area contributed by atoms with Crippen molar-refractivity contribution in [1.29, 1.82) is 0 Å². The molecule has 0 radical (unpaired) electrons. The van der Waals surface area contributed by atoms with Gasteiger partial charge in [0.05, 0.1) is 6.10 Å². The minimum Gasteiger partial charge on any atom is -0.393 e. The van der Waals surface area contributed by atoms with Crippen LogP contribution < -0.4 is 0 Å². The van der Waals surface area contributed by atoms with Crippen molar-refractivity contribution in [2.45, 2.75) is 92.1 Å². The minimum atomic E-state index is -0.182. The standard InChI is InChI=1S/C28H44O/c1-19(2)20(3)9-10-22(5)26-15-16-27-23(8-7-17-28(26,27)6)12-13-24-18-25(29)14-11-21(24)4/h9-10,12-13,19-20,22,25-27,29H,4,7-8,11,14-18H2,1-3,5-6H3/b10-9+,23-12?,24-13?/t20-,22+,25-,26+,27+,28-/m1/s1. The summed E-state index contributed by atoms with van der Waals surface area (Å²) in [7, 11) is 0. The quantitative estimate of drug-likeness (QED) is 0.473. The first-order chi connectivity index (χ1) is 13.7. The van der Waals surface area contributed by atoms with Crippen molar-refractivity contribution in [2.24, 2.45) is 35.0 Å². The van der Waals surface area contributed by atoms with E-state index in [1.165, 1.54) is 43.3 Å². The average molecular weight is 397 g/mol. The summed E-state index contributed by atoms with van der Waals surface area (Å²) in [5.41, 5.74) is 4.61. The maximum atomic E-state index is 10.0. The van der Waals surface area contributed by atoms with Gasteiger partial charge in [-0.1, -0.05) is 76.6 Å². The molecule has 0 spiro atoms. The Hall–Kier alpha value is -1.08. The maximum absolute atomic E-state index is 10.0. The van der Waals surface area contributed by atoms with Gasteiger partial charge >= 0.3 is 0 Å². The van der Waals surface area contributed by atoms with Gasteiger partial charge in [-0.25, -0.2) is 0 Å². The molecule has 0 aromatic heterocycles. The maximum Gasteiger partial charge on any atom is 0.0583 e. The fraction of sp³-hybridized carbons (Fsp3) is 0.714. The highest BCUT2D eigenvalue weighted by molar-refractivity contribution is 5.36. The summed E-state index contributed by atoms with van der Waals surface area (Å²) in [6, 6.07) is 0. The van der Waals surface area contributed by atoms with Crippen LogP contribution in [0, 0.1) is 35.0 Å². The highest BCUT2D eigenvalue weighted by Crippen LogP contribution is 2.59. The van der Waals surface area contributed by atoms with Crippen LogP contribution >= 0.6 is 0 Å². The molecule has 0 aromatic rings. The van der Waals surface area contributed by atoms with Crippen LogP contribution in [0.2, 0.25) is 0 Å². The molecule has 0 amide bonds. The number of fused-ring (bicyclic) bond motifs is 1. The fourth-order valence-corrected chi connectivity index (χ4v) is 6.25. The molecular formula is C28H44O. The molecule has 162 valence electrons. The van der Waals surface area contributed by atoms with Crippen LogP contribution in [-0.4, -0.2) is 11.2 Å². The van der Waals surface area contributed by atoms with Crippen molar-refractivity contribution in [3.05, 3.63) is 47.6 Å². The van der Waals surface area contributed by atoms with Crippen molar-refractivity contribution in [3.63, 3.8) is 0 Å². The first-order valence-corrected chi connectivity index (χ1v) is 12.2. The van der Waals surface area contributed by atoms with E-state index in [4.69, 9.17) is 0 Å². The summed E-state index contributed by atoms with van der Waals surface area (Å²) in [4.78, 5) is 0. The van der Waals surface area contributed by atoms with Gasteiger partial charge in [0.15, 0.2) is 0 Å². The molecule has 1 nitrogen and oxygen atoms in total. The summed E-state index contributed by atoms with van der Waals surface area (Å²) in [5.74, 6) is 3.58. The third kappa shape index (κ3) is 4.98. The Morgan fingerprint density at radius 3 is 2.52 bits per heavy atom. The van der Waals surface area contributed by atoms with Gasteiger partial charge in [-0.05, 0) is 91.9 Å². The lowest BCUT2D eigenvalue weighted by atomic mass is 9.61. The molecule has 0 aromatic carbocycles. The lowest BCUT2D eigenvalue weighted by Gasteiger charge is -2.44. The topological polar surface area (TPSA) is 20.2 Å². The van der Waals surface area contributed by atoms with Gasteiger partial charge in [-0.3, -0.25) is 0 Å². The number of rotatable bonds is 5. The van der Waals surface area contributed by atoms with Crippen molar-refractivity contribution in [1.82, 2.24) is 0 Å². The van der Waals surface area contributed by atoms with E-state index < -0.39 is 0 Å². The first-order valence-electron chi connectivity index (χ1n) is 12.2. The Bertz CT molecular complexity index is 678. The lowest BCUT2D eigenvalue weighted by molar-refractivity contribution is 0.112. The molecular weight excluding hydrogens is 352 g/mol. The van der Waals surface area contributed by atoms with Gasteiger partial charge in [0.1, 0.15) is 0 Å². The number of aliphatic hydroxyl groups excluding tert-OH is 1. The predicted octanol–water partition coefficient (Wildman–Crippen LogP) is 7.64. The molecule has 0 heterocycles. The molecule has 3 saturated carbocycles. The molecule has 29 heavy (non-hydrogen) atoms. The smallest absolute Gasteiger partial charge is 0.0583 e. The van der Waals surface area contributed by atoms with Crippen LogP contribution in [0.5, 0.6) is 0 Å². The number of allylic oxidation sites excluding steroid dienone is 6. The summed E-state index contributed by atoms with van der Waals surface area (Å²) in [6.45, 7) is 16.3. The van der Waals surface area contributed by atoms with Crippen LogP contribution in [0.15, 0.2) is 47.6 Å². The van der Waals surface area contributed by atoms with Crippen molar-refractivity contribution in [3.8, 4) is 0 Å². The predicted molar refractivity (Wildman–Crippen MR) is 126 cm³/mol. The van der Waals surface area contributed by atoms with Crippen molar-refractivity contribution < 1.29 is 5.11 Å². The van der Waals surface area contributed by atoms with Gasteiger partial charge in [-0.15, -0.1) is 0 Å². The summed E-state index contributed by atoms with van der Waals surface area (Å²) in [6.07, 6.45) is 18.8. The highest BCUT2D eigenvalue weighted by Gasteiger charge is 2.50. The zero-order chi connectivity index (χ0) is 21.2. The molecule has 3 rings (SSSR count). The van der Waals surface area contributed by atoms with E-state index in [-0.39, 0.29) is 6.10 Å². The third-order valence-electron chi connectivity index (χ3n) is 8.63. The van der Waals surface area contributed by atoms with Gasteiger partial charge < -0.3 is 5.11 Å². The Balaban J connectivity index is 1.75. The van der Waals surface area contributed by atoms with E-state index in [9.17, 15) is 5.11 Å². The van der Waals surface area contributed by atoms with E-state index >= 15 is 0 Å². The van der Waals surface area contributed by atoms with Gasteiger partial charge in [-0.2, -0.15) is 0 Å². The number of hydrogen-bond donors (Lipinski definition) is 1. The number of hydrogen-bond acceptors (Lipinski definition) is 1. The lowest BCUT2D eigenvalue weighted by Crippen LogP contribution is -2.35. The molecule has 1 N–H and O–H groups in total. The number of aliphatic hydroxyl groups is 1. The summed E-state index contributed by atoms with van der Waals surface area (Å²) < 4.78 is 0. The van der Waals surface area contributed by atoms with Gasteiger partial charge in [0.25, 0.3) is 0 Å². The zero-order valence-corrected chi connectivity index (χ0v) is 19.6. The van der Waals surface area contributed by atoms with Crippen LogP contribution in [-0.2, 0) is 0 Å². The van der Waals surface area contributed by atoms with E-state index in [0.717, 1.165) is 37.0 Å². The Morgan fingerprint density at radius 1 is 1.03 bits per heavy atom. The molecule has 3 aliphatic rings. The molecule has 6 atom stereocenters. The van der Waals surface area contributed by atoms with Crippen LogP contribution in [0.4, 0.5) is 0 Å². The fourth-order valence-electron chi connectivity index (χ4n) is 6.25. The van der Waals surface area contributed by atoms with Crippen LogP contribution in [0.1, 0.15) is 86.0 Å².